The number of rotatable bonds is 3. The molecule has 0 aliphatic heterocycles. The molecule has 0 unspecified atom stereocenters. The van der Waals surface area contributed by atoms with E-state index < -0.39 is 23.4 Å². The molecule has 0 aliphatic rings. The molecular formula is C19H12ClF3N4O2. The second-order valence-corrected chi connectivity index (χ2v) is 6.37. The standard InChI is InChI=1S/C19H12ClF3N4O2/c20-15-16(26-18(28)24-12-5-2-1-3-6-12)25-17-13(19(21,22)23)9-11(10-27(15)17)14-7-4-8-29-14/h1-10H,(H2,24,26,28). The summed E-state index contributed by atoms with van der Waals surface area (Å²) >= 11 is 6.22. The number of anilines is 2. The molecule has 1 aromatic carbocycles. The van der Waals surface area contributed by atoms with Gasteiger partial charge in [-0.3, -0.25) is 9.72 Å². The van der Waals surface area contributed by atoms with E-state index in [4.69, 9.17) is 16.0 Å². The van der Waals surface area contributed by atoms with Crippen LogP contribution >= 0.6 is 11.6 Å². The SMILES string of the molecule is O=C(Nc1ccccc1)Nc1nc2c(C(F)(F)F)cc(-c3ccco3)cn2c1Cl. The molecule has 2 N–H and O–H groups in total. The van der Waals surface area contributed by atoms with Gasteiger partial charge in [0.05, 0.1) is 11.8 Å². The number of urea groups is 1. The Morgan fingerprint density at radius 3 is 2.52 bits per heavy atom. The lowest BCUT2D eigenvalue weighted by Gasteiger charge is -2.10. The third kappa shape index (κ3) is 3.77. The van der Waals surface area contributed by atoms with E-state index in [0.717, 1.165) is 10.5 Å². The van der Waals surface area contributed by atoms with E-state index in [0.29, 0.717) is 5.69 Å². The number of alkyl halides is 3. The molecule has 0 saturated carbocycles. The average molecular weight is 421 g/mol. The van der Waals surface area contributed by atoms with Crippen LogP contribution in [0.2, 0.25) is 5.15 Å². The van der Waals surface area contributed by atoms with Gasteiger partial charge in [-0.15, -0.1) is 0 Å². The number of halogens is 4. The summed E-state index contributed by atoms with van der Waals surface area (Å²) in [5.74, 6) is 0.0284. The fraction of sp³-hybridized carbons (Fsp3) is 0.0526. The maximum absolute atomic E-state index is 13.6. The number of fused-ring (bicyclic) bond motifs is 1. The van der Waals surface area contributed by atoms with Gasteiger partial charge >= 0.3 is 12.2 Å². The van der Waals surface area contributed by atoms with Crippen molar-refractivity contribution in [1.29, 1.82) is 0 Å². The van der Waals surface area contributed by atoms with Crippen LogP contribution in [0, 0.1) is 0 Å². The van der Waals surface area contributed by atoms with E-state index in [-0.39, 0.29) is 22.3 Å². The molecule has 6 nitrogen and oxygen atoms in total. The first kappa shape index (κ1) is 18.9. The number of hydrogen-bond donors (Lipinski definition) is 2. The Labute approximate surface area is 166 Å². The van der Waals surface area contributed by atoms with E-state index >= 15 is 0 Å². The summed E-state index contributed by atoms with van der Waals surface area (Å²) in [6, 6.07) is 11.8. The number of nitrogens with zero attached hydrogens (tertiary/aromatic N) is 2. The zero-order chi connectivity index (χ0) is 20.6. The van der Waals surface area contributed by atoms with Crippen molar-refractivity contribution in [3.05, 3.63) is 71.7 Å². The van der Waals surface area contributed by atoms with Crippen molar-refractivity contribution in [3.63, 3.8) is 0 Å². The predicted molar refractivity (Wildman–Crippen MR) is 102 cm³/mol. The van der Waals surface area contributed by atoms with Crippen molar-refractivity contribution in [2.75, 3.05) is 10.6 Å². The Kier molecular flexibility index (Phi) is 4.67. The molecule has 0 radical (unpaired) electrons. The summed E-state index contributed by atoms with van der Waals surface area (Å²) < 4.78 is 47.1. The van der Waals surface area contributed by atoms with Crippen LogP contribution in [0.4, 0.5) is 29.5 Å². The number of pyridine rings is 1. The largest absolute Gasteiger partial charge is 0.464 e. The fourth-order valence-corrected chi connectivity index (χ4v) is 2.99. The van der Waals surface area contributed by atoms with Crippen molar-refractivity contribution in [3.8, 4) is 11.3 Å². The van der Waals surface area contributed by atoms with E-state index in [2.05, 4.69) is 15.6 Å². The van der Waals surface area contributed by atoms with Crippen molar-refractivity contribution < 1.29 is 22.4 Å². The number of amides is 2. The third-order valence-electron chi connectivity index (χ3n) is 4.04. The van der Waals surface area contributed by atoms with Gasteiger partial charge in [0.15, 0.2) is 16.6 Å². The Hall–Kier alpha value is -3.46. The lowest BCUT2D eigenvalue weighted by molar-refractivity contribution is -0.136. The highest BCUT2D eigenvalue weighted by atomic mass is 35.5. The Morgan fingerprint density at radius 2 is 1.86 bits per heavy atom. The highest BCUT2D eigenvalue weighted by Gasteiger charge is 2.36. The normalized spacial score (nSPS) is 11.6. The first-order valence-electron chi connectivity index (χ1n) is 8.28. The van der Waals surface area contributed by atoms with Crippen LogP contribution in [-0.2, 0) is 6.18 Å². The molecule has 4 aromatic rings. The molecule has 3 aromatic heterocycles. The van der Waals surface area contributed by atoms with E-state index in [1.165, 1.54) is 18.5 Å². The maximum atomic E-state index is 13.6. The summed E-state index contributed by atoms with van der Waals surface area (Å²) in [7, 11) is 0. The molecule has 0 fully saturated rings. The van der Waals surface area contributed by atoms with Gasteiger partial charge in [-0.2, -0.15) is 13.2 Å². The minimum absolute atomic E-state index is 0.161. The van der Waals surface area contributed by atoms with Gasteiger partial charge in [-0.1, -0.05) is 29.8 Å². The van der Waals surface area contributed by atoms with Gasteiger partial charge in [0.25, 0.3) is 0 Å². The summed E-state index contributed by atoms with van der Waals surface area (Å²) in [5, 5.41) is 4.74. The van der Waals surface area contributed by atoms with Crippen molar-refractivity contribution in [2.45, 2.75) is 6.18 Å². The van der Waals surface area contributed by atoms with Crippen LogP contribution in [0.25, 0.3) is 17.0 Å². The molecule has 0 aliphatic carbocycles. The minimum Gasteiger partial charge on any atom is -0.464 e. The molecular weight excluding hydrogens is 409 g/mol. The lowest BCUT2D eigenvalue weighted by atomic mass is 10.1. The maximum Gasteiger partial charge on any atom is 0.420 e. The number of furan rings is 1. The van der Waals surface area contributed by atoms with Gasteiger partial charge in [0.1, 0.15) is 5.76 Å². The van der Waals surface area contributed by atoms with Crippen LogP contribution in [-0.4, -0.2) is 15.4 Å². The molecule has 0 bridgehead atoms. The van der Waals surface area contributed by atoms with Gasteiger partial charge in [0.2, 0.25) is 0 Å². The number of carbonyl (C=O) groups is 1. The highest BCUT2D eigenvalue weighted by Crippen LogP contribution is 2.38. The van der Waals surface area contributed by atoms with Gasteiger partial charge < -0.3 is 9.73 Å². The Balaban J connectivity index is 1.75. The van der Waals surface area contributed by atoms with Crippen LogP contribution < -0.4 is 10.6 Å². The number of benzene rings is 1. The van der Waals surface area contributed by atoms with E-state index in [1.54, 1.807) is 36.4 Å². The third-order valence-corrected chi connectivity index (χ3v) is 4.40. The van der Waals surface area contributed by atoms with Crippen molar-refractivity contribution >= 4 is 34.8 Å². The van der Waals surface area contributed by atoms with E-state index in [1.807, 2.05) is 0 Å². The quantitative estimate of drug-likeness (QED) is 0.432. The highest BCUT2D eigenvalue weighted by molar-refractivity contribution is 6.33. The molecule has 2 amide bonds. The van der Waals surface area contributed by atoms with Gasteiger partial charge in [-0.25, -0.2) is 9.78 Å². The second-order valence-electron chi connectivity index (χ2n) is 6.01. The molecule has 0 atom stereocenters. The number of hydrogen-bond acceptors (Lipinski definition) is 3. The Morgan fingerprint density at radius 1 is 1.10 bits per heavy atom. The molecule has 10 heteroatoms. The number of para-hydroxylation sites is 1. The van der Waals surface area contributed by atoms with Crippen LogP contribution in [0.5, 0.6) is 0 Å². The number of nitrogens with one attached hydrogen (secondary N) is 2. The number of carbonyl (C=O) groups excluding carboxylic acids is 1. The topological polar surface area (TPSA) is 71.6 Å². The van der Waals surface area contributed by atoms with Crippen LogP contribution in [0.3, 0.4) is 0 Å². The molecule has 148 valence electrons. The summed E-state index contributed by atoms with van der Waals surface area (Å²) in [6.07, 6.45) is -1.98. The first-order valence-corrected chi connectivity index (χ1v) is 8.66. The average Bonchev–Trinajstić information content (AvgIpc) is 3.30. The zero-order valence-corrected chi connectivity index (χ0v) is 15.3. The van der Waals surface area contributed by atoms with Gasteiger partial charge in [-0.05, 0) is 30.3 Å². The molecule has 0 spiro atoms. The zero-order valence-electron chi connectivity index (χ0n) is 14.5. The molecule has 3 heterocycles. The van der Waals surface area contributed by atoms with Crippen molar-refractivity contribution in [2.24, 2.45) is 0 Å². The predicted octanol–water partition coefficient (Wildman–Crippen LogP) is 5.91. The fourth-order valence-electron chi connectivity index (χ4n) is 2.77. The molecule has 4 rings (SSSR count). The monoisotopic (exact) mass is 420 g/mol. The summed E-state index contributed by atoms with van der Waals surface area (Å²) in [4.78, 5) is 16.1. The number of imidazole rings is 1. The number of aromatic nitrogens is 2. The smallest absolute Gasteiger partial charge is 0.420 e. The molecule has 0 saturated heterocycles. The van der Waals surface area contributed by atoms with Crippen LogP contribution in [0.15, 0.2) is 65.4 Å². The lowest BCUT2D eigenvalue weighted by Crippen LogP contribution is -2.19. The Bertz CT molecular complexity index is 1170. The minimum atomic E-state index is -4.69. The van der Waals surface area contributed by atoms with Crippen LogP contribution in [0.1, 0.15) is 5.56 Å². The summed E-state index contributed by atoms with van der Waals surface area (Å²) in [5.41, 5.74) is -0.784. The van der Waals surface area contributed by atoms with Gasteiger partial charge in [0, 0.05) is 17.4 Å². The first-order chi connectivity index (χ1) is 13.8. The molecule has 29 heavy (non-hydrogen) atoms. The summed E-state index contributed by atoms with van der Waals surface area (Å²) in [6.45, 7) is 0. The van der Waals surface area contributed by atoms with E-state index in [9.17, 15) is 18.0 Å². The second kappa shape index (κ2) is 7.17. The van der Waals surface area contributed by atoms with Crippen molar-refractivity contribution in [1.82, 2.24) is 9.38 Å².